The number of nitrogens with zero attached hydrogens (tertiary/aromatic N) is 3. The van der Waals surface area contributed by atoms with Crippen molar-refractivity contribution in [2.24, 2.45) is 4.99 Å². The average Bonchev–Trinajstić information content (AvgIpc) is 2.77. The van der Waals surface area contributed by atoms with Crippen molar-refractivity contribution in [3.05, 3.63) is 82.2 Å². The summed E-state index contributed by atoms with van der Waals surface area (Å²) in [6.07, 6.45) is 7.35. The summed E-state index contributed by atoms with van der Waals surface area (Å²) in [5, 5.41) is 5.55. The van der Waals surface area contributed by atoms with Gasteiger partial charge < -0.3 is 10.6 Å². The van der Waals surface area contributed by atoms with Gasteiger partial charge >= 0.3 is 6.03 Å². The second-order valence-electron chi connectivity index (χ2n) is 8.67. The summed E-state index contributed by atoms with van der Waals surface area (Å²) in [5.41, 5.74) is 2.65. The van der Waals surface area contributed by atoms with E-state index in [0.717, 1.165) is 48.2 Å². The van der Waals surface area contributed by atoms with Crippen molar-refractivity contribution in [3.8, 4) is 0 Å². The third-order valence-electron chi connectivity index (χ3n) is 6.35. The summed E-state index contributed by atoms with van der Waals surface area (Å²) >= 11 is 3.39. The second-order valence-corrected chi connectivity index (χ2v) is 9.69. The van der Waals surface area contributed by atoms with Gasteiger partial charge in [-0.15, -0.1) is 0 Å². The maximum Gasteiger partial charge on any atom is 0.326 e. The largest absolute Gasteiger partial charge is 0.326 e. The molecule has 3 aliphatic heterocycles. The van der Waals surface area contributed by atoms with Gasteiger partial charge in [-0.1, -0.05) is 34.1 Å². The maximum atomic E-state index is 15.1. The number of hydrogen-bond acceptors (Lipinski definition) is 4. The van der Waals surface area contributed by atoms with Gasteiger partial charge in [0.15, 0.2) is 0 Å². The van der Waals surface area contributed by atoms with E-state index in [4.69, 9.17) is 0 Å². The van der Waals surface area contributed by atoms with Crippen molar-refractivity contribution in [3.63, 3.8) is 0 Å². The van der Waals surface area contributed by atoms with Crippen LogP contribution in [0.4, 0.5) is 20.6 Å². The quantitative estimate of drug-likeness (QED) is 0.524. The molecule has 0 aliphatic carbocycles. The van der Waals surface area contributed by atoms with E-state index in [1.54, 1.807) is 36.5 Å². The van der Waals surface area contributed by atoms with Gasteiger partial charge in [0, 0.05) is 42.4 Å². The molecule has 180 valence electrons. The lowest BCUT2D eigenvalue weighted by Gasteiger charge is -2.41. The summed E-state index contributed by atoms with van der Waals surface area (Å²) in [6.45, 7) is 3.16. The van der Waals surface area contributed by atoms with Gasteiger partial charge in [0.1, 0.15) is 5.82 Å². The molecule has 0 radical (unpaired) electrons. The van der Waals surface area contributed by atoms with Crippen molar-refractivity contribution in [2.45, 2.75) is 18.9 Å². The zero-order valence-electron chi connectivity index (χ0n) is 19.0. The van der Waals surface area contributed by atoms with E-state index < -0.39 is 11.7 Å². The van der Waals surface area contributed by atoms with Crippen LogP contribution in [0.5, 0.6) is 0 Å². The zero-order valence-corrected chi connectivity index (χ0v) is 20.6. The molecule has 0 bridgehead atoms. The average molecular weight is 538 g/mol. The molecular weight excluding hydrogens is 513 g/mol. The number of carbonyl (C=O) groups is 2. The minimum absolute atomic E-state index is 0.0150. The smallest absolute Gasteiger partial charge is 0.320 e. The predicted octanol–water partition coefficient (Wildman–Crippen LogP) is 5.31. The molecule has 3 aliphatic rings. The first-order chi connectivity index (χ1) is 17.0. The van der Waals surface area contributed by atoms with Crippen LogP contribution in [0.25, 0.3) is 0 Å². The maximum absolute atomic E-state index is 15.1. The molecule has 35 heavy (non-hydrogen) atoms. The first-order valence-electron chi connectivity index (χ1n) is 11.6. The van der Waals surface area contributed by atoms with E-state index >= 15 is 4.39 Å². The minimum Gasteiger partial charge on any atom is -0.320 e. The minimum atomic E-state index is -0.583. The Bertz CT molecular complexity index is 1250. The molecular formula is C26H25BrFN5O2. The Morgan fingerprint density at radius 2 is 1.83 bits per heavy atom. The van der Waals surface area contributed by atoms with Crippen LogP contribution in [-0.4, -0.2) is 53.6 Å². The van der Waals surface area contributed by atoms with Crippen molar-refractivity contribution >= 4 is 45.0 Å². The number of aliphatic imine (C=N–C) groups is 1. The highest BCUT2D eigenvalue weighted by Crippen LogP contribution is 2.32. The molecule has 5 rings (SSSR count). The first-order valence-corrected chi connectivity index (χ1v) is 12.4. The van der Waals surface area contributed by atoms with Crippen molar-refractivity contribution in [1.29, 1.82) is 0 Å². The van der Waals surface area contributed by atoms with E-state index in [0.29, 0.717) is 17.9 Å². The van der Waals surface area contributed by atoms with E-state index in [1.165, 1.54) is 17.0 Å². The normalized spacial score (nSPS) is 18.1. The highest BCUT2D eigenvalue weighted by atomic mass is 79.9. The Kier molecular flexibility index (Phi) is 6.79. The van der Waals surface area contributed by atoms with Crippen molar-refractivity contribution in [2.75, 3.05) is 36.8 Å². The molecule has 0 spiro atoms. The molecule has 1 saturated heterocycles. The Hall–Kier alpha value is -3.30. The van der Waals surface area contributed by atoms with Crippen LogP contribution in [-0.2, 0) is 0 Å². The van der Waals surface area contributed by atoms with Gasteiger partial charge in [-0.25, -0.2) is 9.18 Å². The monoisotopic (exact) mass is 537 g/mol. The molecule has 1 atom stereocenters. The SMILES string of the molecule is O=C(Nc1ccccc1NC(=O)N1C=CC=C(Br)C1)c1ccc(C(C2=NCC2)N2CCC2)cc1F. The van der Waals surface area contributed by atoms with Gasteiger partial charge in [0.2, 0.25) is 0 Å². The Morgan fingerprint density at radius 1 is 1.09 bits per heavy atom. The number of nitrogens with one attached hydrogen (secondary N) is 2. The molecule has 3 amide bonds. The van der Waals surface area contributed by atoms with Gasteiger partial charge in [-0.05, 0) is 48.4 Å². The van der Waals surface area contributed by atoms with Crippen LogP contribution in [0.3, 0.4) is 0 Å². The molecule has 7 nitrogen and oxygen atoms in total. The Morgan fingerprint density at radius 3 is 2.43 bits per heavy atom. The second kappa shape index (κ2) is 10.1. The molecule has 1 fully saturated rings. The number of rotatable bonds is 6. The fourth-order valence-electron chi connectivity index (χ4n) is 4.30. The lowest BCUT2D eigenvalue weighted by molar-refractivity contribution is 0.102. The van der Waals surface area contributed by atoms with Crippen molar-refractivity contribution in [1.82, 2.24) is 9.80 Å². The molecule has 1 unspecified atom stereocenters. The van der Waals surface area contributed by atoms with Gasteiger partial charge in [-0.2, -0.15) is 0 Å². The number of hydrogen-bond donors (Lipinski definition) is 2. The number of likely N-dealkylation sites (tertiary alicyclic amines) is 1. The number of carbonyl (C=O) groups excluding carboxylic acids is 2. The number of urea groups is 1. The van der Waals surface area contributed by atoms with Crippen molar-refractivity contribution < 1.29 is 14.0 Å². The summed E-state index contributed by atoms with van der Waals surface area (Å²) in [5.74, 6) is -1.16. The number of halogens is 2. The van der Waals surface area contributed by atoms with Crippen LogP contribution in [0, 0.1) is 5.82 Å². The molecule has 2 aromatic rings. The summed E-state index contributed by atoms with van der Waals surface area (Å²) in [6, 6.07) is 11.3. The Balaban J connectivity index is 1.31. The van der Waals surface area contributed by atoms with E-state index in [9.17, 15) is 9.59 Å². The fraction of sp³-hybridized carbons (Fsp3) is 0.269. The molecule has 9 heteroatoms. The van der Waals surface area contributed by atoms with Crippen LogP contribution in [0.2, 0.25) is 0 Å². The summed E-state index contributed by atoms with van der Waals surface area (Å²) in [7, 11) is 0. The number of allylic oxidation sites excluding steroid dienone is 2. The Labute approximate surface area is 211 Å². The number of amides is 3. The zero-order chi connectivity index (χ0) is 24.4. The van der Waals surface area contributed by atoms with Crippen LogP contribution in [0.1, 0.15) is 34.8 Å². The number of anilines is 2. The molecule has 2 N–H and O–H groups in total. The van der Waals surface area contributed by atoms with Gasteiger partial charge in [-0.3, -0.25) is 19.6 Å². The molecule has 0 saturated carbocycles. The fourth-order valence-corrected chi connectivity index (χ4v) is 4.72. The highest BCUT2D eigenvalue weighted by molar-refractivity contribution is 9.11. The lowest BCUT2D eigenvalue weighted by atomic mass is 9.92. The first kappa shape index (κ1) is 23.4. The third-order valence-corrected chi connectivity index (χ3v) is 6.87. The third kappa shape index (κ3) is 5.06. The van der Waals surface area contributed by atoms with E-state index in [1.807, 2.05) is 12.1 Å². The number of benzene rings is 2. The van der Waals surface area contributed by atoms with E-state index in [-0.39, 0.29) is 17.6 Å². The van der Waals surface area contributed by atoms with Crippen LogP contribution in [0.15, 0.2) is 70.3 Å². The predicted molar refractivity (Wildman–Crippen MR) is 139 cm³/mol. The number of para-hydroxylation sites is 2. The standard InChI is InChI=1S/C26H25BrFN5O2/c27-18-5-3-12-33(16-18)26(35)31-22-7-2-1-6-21(22)30-25(34)19-9-8-17(15-20(19)28)24(23-10-11-29-23)32-13-4-14-32/h1-3,5-9,12,15,24H,4,10-11,13-14,16H2,(H,30,34)(H,31,35). The van der Waals surface area contributed by atoms with E-state index in [2.05, 4.69) is 36.5 Å². The molecule has 0 aromatic heterocycles. The molecule has 3 heterocycles. The van der Waals surface area contributed by atoms with Crippen LogP contribution >= 0.6 is 15.9 Å². The molecule has 2 aromatic carbocycles. The van der Waals surface area contributed by atoms with Gasteiger partial charge in [0.05, 0.1) is 29.5 Å². The lowest BCUT2D eigenvalue weighted by Crippen LogP contribution is -2.45. The van der Waals surface area contributed by atoms with Crippen LogP contribution < -0.4 is 10.6 Å². The summed E-state index contributed by atoms with van der Waals surface area (Å²) < 4.78 is 16.0. The topological polar surface area (TPSA) is 77.0 Å². The highest BCUT2D eigenvalue weighted by Gasteiger charge is 2.32. The summed E-state index contributed by atoms with van der Waals surface area (Å²) in [4.78, 5) is 33.9. The van der Waals surface area contributed by atoms with Gasteiger partial charge in [0.25, 0.3) is 5.91 Å².